The Hall–Kier alpha value is -2.66. The predicted octanol–water partition coefficient (Wildman–Crippen LogP) is 4.15. The Labute approximate surface area is 219 Å². The van der Waals surface area contributed by atoms with E-state index in [4.69, 9.17) is 0 Å². The van der Waals surface area contributed by atoms with E-state index >= 15 is 0 Å². The molecule has 0 fully saturated rings. The van der Waals surface area contributed by atoms with Crippen LogP contribution >= 0.6 is 0 Å². The molecular weight excluding hydrogens is 563 g/mol. The molecule has 0 amide bonds. The summed E-state index contributed by atoms with van der Waals surface area (Å²) in [5.41, 5.74) is -7.85. The zero-order valence-electron chi connectivity index (χ0n) is 20.6. The number of halogens is 7. The molecule has 0 aliphatic carbocycles. The Morgan fingerprint density at radius 1 is 0.923 bits per heavy atom. The van der Waals surface area contributed by atoms with Gasteiger partial charge in [0.05, 0.1) is 10.6 Å². The molecule has 2 atom stereocenters. The van der Waals surface area contributed by atoms with Crippen molar-refractivity contribution < 1.29 is 54.5 Å². The molecule has 0 bridgehead atoms. The fourth-order valence-electron chi connectivity index (χ4n) is 4.26. The number of aliphatic hydroxyl groups excluding tert-OH is 2. The van der Waals surface area contributed by atoms with Crippen molar-refractivity contribution in [2.24, 2.45) is 0 Å². The third-order valence-electron chi connectivity index (χ3n) is 6.18. The van der Waals surface area contributed by atoms with Gasteiger partial charge in [0, 0.05) is 29.9 Å². The smallest absolute Gasteiger partial charge is 0.374 e. The Morgan fingerprint density at radius 3 is 2.03 bits per heavy atom. The van der Waals surface area contributed by atoms with Crippen molar-refractivity contribution >= 4 is 21.4 Å². The van der Waals surface area contributed by atoms with Crippen LogP contribution in [-0.2, 0) is 15.6 Å². The number of nitrogens with zero attached hydrogens (tertiary/aromatic N) is 2. The van der Waals surface area contributed by atoms with Crippen molar-refractivity contribution in [1.29, 1.82) is 0 Å². The largest absolute Gasteiger partial charge is 0.430 e. The molecule has 1 aliphatic rings. The van der Waals surface area contributed by atoms with Gasteiger partial charge in [-0.3, -0.25) is 4.72 Å². The number of hydrogen-bond acceptors (Lipinski definition) is 7. The zero-order chi connectivity index (χ0) is 29.6. The number of benzene rings is 2. The van der Waals surface area contributed by atoms with E-state index in [-0.39, 0.29) is 24.2 Å². The summed E-state index contributed by atoms with van der Waals surface area (Å²) in [6.07, 6.45) is -14.0. The van der Waals surface area contributed by atoms with Gasteiger partial charge in [0.15, 0.2) is 6.35 Å². The summed E-state index contributed by atoms with van der Waals surface area (Å²) < 4.78 is 121. The van der Waals surface area contributed by atoms with Crippen molar-refractivity contribution in [2.75, 3.05) is 22.7 Å². The molecular formula is C23H26F7N3O5S. The van der Waals surface area contributed by atoms with Crippen LogP contribution in [0.5, 0.6) is 0 Å². The highest BCUT2D eigenvalue weighted by molar-refractivity contribution is 7.92. The Bertz CT molecular complexity index is 1290. The van der Waals surface area contributed by atoms with E-state index in [9.17, 15) is 54.5 Å². The van der Waals surface area contributed by atoms with E-state index in [1.807, 2.05) is 6.92 Å². The Balaban J connectivity index is 2.00. The SMILES string of the molecule is CCCN1c2ccc(S(=O)(=O)Nc3ccc(C(O)(C(F)(F)F)C(F)(F)F)cc3F)cc2C(O)N(CCC)C1O. The van der Waals surface area contributed by atoms with E-state index in [1.165, 1.54) is 11.0 Å². The summed E-state index contributed by atoms with van der Waals surface area (Å²) in [6.45, 7) is 4.24. The highest BCUT2D eigenvalue weighted by atomic mass is 32.2. The van der Waals surface area contributed by atoms with E-state index in [2.05, 4.69) is 0 Å². The maximum absolute atomic E-state index is 14.6. The molecule has 2 aromatic rings. The van der Waals surface area contributed by atoms with Gasteiger partial charge in [0.1, 0.15) is 12.0 Å². The maximum Gasteiger partial charge on any atom is 0.430 e. The van der Waals surface area contributed by atoms with E-state index in [0.29, 0.717) is 31.1 Å². The summed E-state index contributed by atoms with van der Waals surface area (Å²) in [4.78, 5) is 2.36. The molecule has 16 heteroatoms. The minimum Gasteiger partial charge on any atom is -0.374 e. The van der Waals surface area contributed by atoms with E-state index in [1.54, 1.807) is 16.5 Å². The first-order valence-electron chi connectivity index (χ1n) is 11.6. The van der Waals surface area contributed by atoms with Crippen LogP contribution in [0.3, 0.4) is 0 Å². The number of alkyl halides is 6. The van der Waals surface area contributed by atoms with Crippen molar-refractivity contribution in [3.63, 3.8) is 0 Å². The summed E-state index contributed by atoms with van der Waals surface area (Å²) in [6, 6.07) is 3.62. The van der Waals surface area contributed by atoms with E-state index < -0.39 is 62.5 Å². The molecule has 218 valence electrons. The molecule has 39 heavy (non-hydrogen) atoms. The van der Waals surface area contributed by atoms with Crippen LogP contribution in [0.1, 0.15) is 44.0 Å². The Kier molecular flexibility index (Phi) is 8.49. The molecule has 2 unspecified atom stereocenters. The van der Waals surface area contributed by atoms with Crippen molar-refractivity contribution in [3.05, 3.63) is 53.3 Å². The fourth-order valence-corrected chi connectivity index (χ4v) is 5.37. The average Bonchev–Trinajstić information content (AvgIpc) is 2.83. The number of fused-ring (bicyclic) bond motifs is 1. The fraction of sp³-hybridized carbons (Fsp3) is 0.478. The van der Waals surface area contributed by atoms with Gasteiger partial charge >= 0.3 is 12.4 Å². The van der Waals surface area contributed by atoms with Crippen molar-refractivity contribution in [3.8, 4) is 0 Å². The first-order valence-corrected chi connectivity index (χ1v) is 13.1. The second-order valence-corrected chi connectivity index (χ2v) is 10.6. The van der Waals surface area contributed by atoms with Crippen molar-refractivity contribution in [1.82, 2.24) is 4.90 Å². The van der Waals surface area contributed by atoms with E-state index in [0.717, 1.165) is 12.1 Å². The lowest BCUT2D eigenvalue weighted by Crippen LogP contribution is -2.54. The summed E-state index contributed by atoms with van der Waals surface area (Å²) in [7, 11) is -4.68. The lowest BCUT2D eigenvalue weighted by atomic mass is 9.92. The minimum atomic E-state index is -6.26. The van der Waals surface area contributed by atoms with Crippen LogP contribution in [-0.4, -0.2) is 60.4 Å². The van der Waals surface area contributed by atoms with Gasteiger partial charge in [-0.2, -0.15) is 26.3 Å². The molecule has 3 rings (SSSR count). The quantitative estimate of drug-likeness (QED) is 0.343. The first kappa shape index (κ1) is 30.9. The normalized spacial score (nSPS) is 19.2. The molecule has 0 spiro atoms. The van der Waals surface area contributed by atoms with Crippen LogP contribution < -0.4 is 9.62 Å². The topological polar surface area (TPSA) is 113 Å². The van der Waals surface area contributed by atoms with Gasteiger partial charge in [-0.15, -0.1) is 0 Å². The molecule has 4 N–H and O–H groups in total. The maximum atomic E-state index is 14.6. The number of sulfonamides is 1. The molecule has 1 aliphatic heterocycles. The molecule has 0 saturated carbocycles. The first-order chi connectivity index (χ1) is 17.9. The van der Waals surface area contributed by atoms with Gasteiger partial charge in [-0.25, -0.2) is 17.7 Å². The molecule has 8 nitrogen and oxygen atoms in total. The lowest BCUT2D eigenvalue weighted by molar-refractivity contribution is -0.376. The number of aliphatic hydroxyl groups is 3. The molecule has 1 heterocycles. The van der Waals surface area contributed by atoms with Gasteiger partial charge in [0.2, 0.25) is 0 Å². The lowest BCUT2D eigenvalue weighted by Gasteiger charge is -2.45. The minimum absolute atomic E-state index is 0.0984. The second kappa shape index (κ2) is 10.7. The summed E-state index contributed by atoms with van der Waals surface area (Å²) in [5.74, 6) is -1.81. The van der Waals surface area contributed by atoms with Crippen molar-refractivity contribution in [2.45, 2.75) is 62.1 Å². The number of anilines is 2. The zero-order valence-corrected chi connectivity index (χ0v) is 21.4. The molecule has 0 radical (unpaired) electrons. The third kappa shape index (κ3) is 5.52. The van der Waals surface area contributed by atoms with Crippen LogP contribution in [0.4, 0.5) is 42.1 Å². The van der Waals surface area contributed by atoms with Crippen LogP contribution in [0, 0.1) is 5.82 Å². The highest BCUT2D eigenvalue weighted by Gasteiger charge is 2.71. The average molecular weight is 590 g/mol. The molecule has 0 aromatic heterocycles. The summed E-state index contributed by atoms with van der Waals surface area (Å²) >= 11 is 0. The van der Waals surface area contributed by atoms with Crippen LogP contribution in [0.2, 0.25) is 0 Å². The number of nitrogens with one attached hydrogen (secondary N) is 1. The monoisotopic (exact) mass is 589 g/mol. The standard InChI is InChI=1S/C23H26F7N3O5S/c1-3-9-32-18-8-6-14(12-15(18)19(34)33(10-4-2)20(32)35)39(37,38)31-17-7-5-13(11-16(17)24)21(36,22(25,26)27)23(28,29)30/h5-8,11-12,19-20,31,34-36H,3-4,9-10H2,1-2H3. The third-order valence-corrected chi connectivity index (χ3v) is 7.55. The number of rotatable bonds is 8. The molecule has 0 saturated heterocycles. The number of hydrogen-bond donors (Lipinski definition) is 4. The van der Waals surface area contributed by atoms with Gasteiger partial charge in [0.25, 0.3) is 15.6 Å². The Morgan fingerprint density at radius 2 is 1.51 bits per heavy atom. The second-order valence-electron chi connectivity index (χ2n) is 8.88. The van der Waals surface area contributed by atoms with Crippen LogP contribution in [0.25, 0.3) is 0 Å². The summed E-state index contributed by atoms with van der Waals surface area (Å²) in [5, 5.41) is 31.0. The van der Waals surface area contributed by atoms with Crippen LogP contribution in [0.15, 0.2) is 41.3 Å². The highest BCUT2D eigenvalue weighted by Crippen LogP contribution is 2.50. The van der Waals surface area contributed by atoms with Gasteiger partial charge in [-0.05, 0) is 43.2 Å². The molecule has 2 aromatic carbocycles. The van der Waals surface area contributed by atoms with Gasteiger partial charge in [-0.1, -0.05) is 19.9 Å². The van der Waals surface area contributed by atoms with Gasteiger partial charge < -0.3 is 20.2 Å². The predicted molar refractivity (Wildman–Crippen MR) is 125 cm³/mol.